The number of hydrogen-bond acceptors (Lipinski definition) is 8. The van der Waals surface area contributed by atoms with Crippen molar-refractivity contribution in [3.63, 3.8) is 0 Å². The van der Waals surface area contributed by atoms with Crippen molar-refractivity contribution < 1.29 is 28.8 Å². The molecule has 0 aliphatic heterocycles. The van der Waals surface area contributed by atoms with Crippen LogP contribution in [0, 0.1) is 16.0 Å². The molecule has 0 saturated carbocycles. The van der Waals surface area contributed by atoms with Crippen LogP contribution in [0.3, 0.4) is 0 Å². The Labute approximate surface area is 199 Å². The van der Waals surface area contributed by atoms with Crippen LogP contribution in [0.4, 0.5) is 10.7 Å². The van der Waals surface area contributed by atoms with Crippen molar-refractivity contribution in [2.75, 3.05) is 11.9 Å². The second-order valence-corrected chi connectivity index (χ2v) is 9.27. The van der Waals surface area contributed by atoms with Gasteiger partial charge < -0.3 is 14.8 Å². The molecular formula is C22H23ClN2O7S. The predicted molar refractivity (Wildman–Crippen MR) is 123 cm³/mol. The van der Waals surface area contributed by atoms with Crippen LogP contribution in [0.25, 0.3) is 0 Å². The van der Waals surface area contributed by atoms with Gasteiger partial charge in [-0.1, -0.05) is 18.5 Å². The maximum Gasteiger partial charge on any atom is 0.345 e. The van der Waals surface area contributed by atoms with Crippen LogP contribution in [0.5, 0.6) is 0 Å². The average molecular weight is 495 g/mol. The van der Waals surface area contributed by atoms with Gasteiger partial charge in [-0.3, -0.25) is 14.9 Å². The normalized spacial score (nSPS) is 15.8. The molecule has 0 saturated heterocycles. The number of anilines is 1. The van der Waals surface area contributed by atoms with Gasteiger partial charge in [0.1, 0.15) is 10.6 Å². The number of rotatable bonds is 7. The lowest BCUT2D eigenvalue weighted by Crippen LogP contribution is -2.30. The Morgan fingerprint density at radius 2 is 2.06 bits per heavy atom. The minimum Gasteiger partial charge on any atom is -0.462 e. The minimum atomic E-state index is -1.29. The molecule has 3 rings (SSSR count). The molecule has 2 aromatic rings. The van der Waals surface area contributed by atoms with E-state index in [9.17, 15) is 24.5 Å². The molecule has 9 nitrogen and oxygen atoms in total. The Hall–Kier alpha value is -2.98. The van der Waals surface area contributed by atoms with Gasteiger partial charge in [0, 0.05) is 16.0 Å². The number of esters is 2. The largest absolute Gasteiger partial charge is 0.462 e. The van der Waals surface area contributed by atoms with Gasteiger partial charge >= 0.3 is 11.9 Å². The number of benzene rings is 1. The molecule has 2 atom stereocenters. The SMILES string of the molecule is CCOC(=O)c1c(NC(=O)[C@@H](C)OC(=O)c2cc(Cl)ccc2[N+](=O)[O-])sc2c1CC[C@H](C)C2. The first-order valence-corrected chi connectivity index (χ1v) is 11.6. The fourth-order valence-corrected chi connectivity index (χ4v) is 5.15. The minimum absolute atomic E-state index is 0.113. The van der Waals surface area contributed by atoms with Gasteiger partial charge in [-0.25, -0.2) is 9.59 Å². The highest BCUT2D eigenvalue weighted by molar-refractivity contribution is 7.17. The highest BCUT2D eigenvalue weighted by atomic mass is 35.5. The van der Waals surface area contributed by atoms with E-state index in [0.29, 0.717) is 22.9 Å². The standard InChI is InChI=1S/C22H23ClN2O7S/c1-4-31-22(28)18-14-7-5-11(2)9-17(14)33-20(18)24-19(26)12(3)32-21(27)15-10-13(23)6-8-16(15)25(29)30/h6,8,10-12H,4-5,7,9H2,1-3H3,(H,24,26)/t11-,12+/m0/s1. The van der Waals surface area contributed by atoms with Crippen LogP contribution in [0.2, 0.25) is 5.02 Å². The smallest absolute Gasteiger partial charge is 0.345 e. The number of nitro groups is 1. The van der Waals surface area contributed by atoms with Gasteiger partial charge in [-0.05, 0) is 56.7 Å². The van der Waals surface area contributed by atoms with E-state index in [2.05, 4.69) is 12.2 Å². The van der Waals surface area contributed by atoms with Crippen molar-refractivity contribution in [3.8, 4) is 0 Å². The zero-order valence-corrected chi connectivity index (χ0v) is 19.9. The van der Waals surface area contributed by atoms with E-state index in [1.165, 1.54) is 24.3 Å². The molecule has 1 aliphatic rings. The summed E-state index contributed by atoms with van der Waals surface area (Å²) in [7, 11) is 0. The first-order chi connectivity index (χ1) is 15.6. The first-order valence-electron chi connectivity index (χ1n) is 10.4. The van der Waals surface area contributed by atoms with Crippen molar-refractivity contribution in [1.29, 1.82) is 0 Å². The summed E-state index contributed by atoms with van der Waals surface area (Å²) < 4.78 is 10.3. The molecule has 0 fully saturated rings. The fraction of sp³-hybridized carbons (Fsp3) is 0.409. The third-order valence-corrected chi connectivity index (χ3v) is 6.66. The summed E-state index contributed by atoms with van der Waals surface area (Å²) in [4.78, 5) is 49.4. The zero-order valence-electron chi connectivity index (χ0n) is 18.3. The van der Waals surface area contributed by atoms with E-state index in [-0.39, 0.29) is 17.2 Å². The van der Waals surface area contributed by atoms with Crippen LogP contribution >= 0.6 is 22.9 Å². The molecule has 1 aliphatic carbocycles. The summed E-state index contributed by atoms with van der Waals surface area (Å²) in [5, 5.41) is 14.3. The molecule has 0 bridgehead atoms. The maximum atomic E-state index is 12.8. The number of carbonyl (C=O) groups is 3. The summed E-state index contributed by atoms with van der Waals surface area (Å²) in [6.45, 7) is 5.36. The molecule has 1 aromatic heterocycles. The Morgan fingerprint density at radius 3 is 2.73 bits per heavy atom. The Morgan fingerprint density at radius 1 is 1.33 bits per heavy atom. The number of nitro benzene ring substituents is 1. The molecule has 176 valence electrons. The van der Waals surface area contributed by atoms with Crippen LogP contribution in [0.1, 0.15) is 58.3 Å². The highest BCUT2D eigenvalue weighted by Crippen LogP contribution is 2.40. The van der Waals surface area contributed by atoms with Gasteiger partial charge in [0.15, 0.2) is 6.10 Å². The van der Waals surface area contributed by atoms with E-state index in [0.717, 1.165) is 35.4 Å². The summed E-state index contributed by atoms with van der Waals surface area (Å²) in [5.41, 5.74) is 0.369. The van der Waals surface area contributed by atoms with Crippen molar-refractivity contribution in [3.05, 3.63) is 54.9 Å². The van der Waals surface area contributed by atoms with Gasteiger partial charge in [0.2, 0.25) is 0 Å². The number of amides is 1. The van der Waals surface area contributed by atoms with Crippen molar-refractivity contribution >= 4 is 51.5 Å². The second kappa shape index (κ2) is 10.3. The van der Waals surface area contributed by atoms with Crippen molar-refractivity contribution in [2.45, 2.75) is 46.1 Å². The molecule has 33 heavy (non-hydrogen) atoms. The quantitative estimate of drug-likeness (QED) is 0.333. The number of hydrogen-bond donors (Lipinski definition) is 1. The average Bonchev–Trinajstić information content (AvgIpc) is 3.10. The van der Waals surface area contributed by atoms with Gasteiger partial charge in [0.25, 0.3) is 11.6 Å². The van der Waals surface area contributed by atoms with E-state index < -0.39 is 34.6 Å². The second-order valence-electron chi connectivity index (χ2n) is 7.73. The van der Waals surface area contributed by atoms with Crippen molar-refractivity contribution in [2.24, 2.45) is 5.92 Å². The molecular weight excluding hydrogens is 472 g/mol. The van der Waals surface area contributed by atoms with E-state index in [4.69, 9.17) is 21.1 Å². The first kappa shape index (κ1) is 24.7. The molecule has 0 radical (unpaired) electrons. The lowest BCUT2D eigenvalue weighted by molar-refractivity contribution is -0.385. The molecule has 1 N–H and O–H groups in total. The predicted octanol–water partition coefficient (Wildman–Crippen LogP) is 4.80. The third kappa shape index (κ3) is 5.51. The monoisotopic (exact) mass is 494 g/mol. The van der Waals surface area contributed by atoms with E-state index >= 15 is 0 Å². The number of nitrogens with zero attached hydrogens (tertiary/aromatic N) is 1. The zero-order chi connectivity index (χ0) is 24.3. The van der Waals surface area contributed by atoms with E-state index in [1.807, 2.05) is 0 Å². The number of ether oxygens (including phenoxy) is 2. The van der Waals surface area contributed by atoms with Gasteiger partial charge in [0.05, 0.1) is 17.1 Å². The summed E-state index contributed by atoms with van der Waals surface area (Å²) >= 11 is 7.16. The molecule has 11 heteroatoms. The summed E-state index contributed by atoms with van der Waals surface area (Å²) in [5.74, 6) is -1.79. The lowest BCUT2D eigenvalue weighted by Gasteiger charge is -2.18. The topological polar surface area (TPSA) is 125 Å². The number of nitrogens with one attached hydrogen (secondary N) is 1. The molecule has 0 unspecified atom stereocenters. The van der Waals surface area contributed by atoms with Crippen molar-refractivity contribution in [1.82, 2.24) is 0 Å². The highest BCUT2D eigenvalue weighted by Gasteiger charge is 2.31. The molecule has 1 heterocycles. The van der Waals surface area contributed by atoms with Crippen LogP contribution in [-0.4, -0.2) is 35.5 Å². The lowest BCUT2D eigenvalue weighted by atomic mass is 9.88. The fourth-order valence-electron chi connectivity index (χ4n) is 3.58. The van der Waals surface area contributed by atoms with Crippen LogP contribution < -0.4 is 5.32 Å². The van der Waals surface area contributed by atoms with E-state index in [1.54, 1.807) is 6.92 Å². The third-order valence-electron chi connectivity index (χ3n) is 5.26. The Kier molecular flexibility index (Phi) is 7.70. The number of halogens is 1. The molecule has 1 aromatic carbocycles. The Bertz CT molecular complexity index is 1110. The molecule has 1 amide bonds. The van der Waals surface area contributed by atoms with Crippen LogP contribution in [0.15, 0.2) is 18.2 Å². The molecule has 0 spiro atoms. The summed E-state index contributed by atoms with van der Waals surface area (Å²) in [6, 6.07) is 3.48. The number of fused-ring (bicyclic) bond motifs is 1. The number of thiophene rings is 1. The van der Waals surface area contributed by atoms with Crippen LogP contribution in [-0.2, 0) is 27.1 Å². The Balaban J connectivity index is 1.80. The maximum absolute atomic E-state index is 12.8. The number of carbonyl (C=O) groups excluding carboxylic acids is 3. The van der Waals surface area contributed by atoms with Gasteiger partial charge in [-0.2, -0.15) is 0 Å². The van der Waals surface area contributed by atoms with Gasteiger partial charge in [-0.15, -0.1) is 11.3 Å². The summed E-state index contributed by atoms with van der Waals surface area (Å²) in [6.07, 6.45) is 1.14.